The van der Waals surface area contributed by atoms with Crippen LogP contribution in [0.5, 0.6) is 0 Å². The van der Waals surface area contributed by atoms with Gasteiger partial charge < -0.3 is 5.73 Å². The predicted molar refractivity (Wildman–Crippen MR) is 83.9 cm³/mol. The average molecular weight is 269 g/mol. The standard InChI is InChI=1S/C15H11NS2/c1-8-2-11-3-9-6-14-12(7-15(16)18-14)4-10(9)5-13(11)17-8/h2-7H,16H2,1H3. The predicted octanol–water partition coefficient (Wildman–Crippen LogP) is 5.16. The molecule has 0 saturated carbocycles. The summed E-state index contributed by atoms with van der Waals surface area (Å²) in [7, 11) is 0. The van der Waals surface area contributed by atoms with Crippen molar-refractivity contribution in [2.24, 2.45) is 0 Å². The molecule has 0 aliphatic carbocycles. The number of nitrogen functional groups attached to an aromatic ring is 1. The van der Waals surface area contributed by atoms with E-state index in [4.69, 9.17) is 5.73 Å². The SMILES string of the molecule is Cc1cc2cc3cc4sc(N)cc4cc3cc2s1. The molecule has 0 unspecified atom stereocenters. The maximum Gasteiger partial charge on any atom is 0.0868 e. The fourth-order valence-corrected chi connectivity index (χ4v) is 4.29. The van der Waals surface area contributed by atoms with Gasteiger partial charge in [0.25, 0.3) is 0 Å². The summed E-state index contributed by atoms with van der Waals surface area (Å²) in [4.78, 5) is 1.37. The van der Waals surface area contributed by atoms with E-state index in [0.717, 1.165) is 5.00 Å². The molecule has 4 aromatic rings. The van der Waals surface area contributed by atoms with E-state index in [2.05, 4.69) is 43.3 Å². The summed E-state index contributed by atoms with van der Waals surface area (Å²) in [6.07, 6.45) is 0. The third-order valence-electron chi connectivity index (χ3n) is 3.25. The number of nitrogens with two attached hydrogens (primary N) is 1. The molecule has 0 amide bonds. The Morgan fingerprint density at radius 1 is 0.722 bits per heavy atom. The molecule has 0 saturated heterocycles. The quantitative estimate of drug-likeness (QED) is 0.469. The molecule has 88 valence electrons. The summed E-state index contributed by atoms with van der Waals surface area (Å²) in [5.41, 5.74) is 5.87. The largest absolute Gasteiger partial charge is 0.391 e. The molecule has 2 N–H and O–H groups in total. The molecule has 0 bridgehead atoms. The van der Waals surface area contributed by atoms with Crippen molar-refractivity contribution in [3.05, 3.63) is 41.3 Å². The first kappa shape index (κ1) is 10.4. The van der Waals surface area contributed by atoms with Gasteiger partial charge in [0.1, 0.15) is 0 Å². The fraction of sp³-hybridized carbons (Fsp3) is 0.0667. The molecule has 0 aliphatic heterocycles. The van der Waals surface area contributed by atoms with Gasteiger partial charge in [-0.15, -0.1) is 22.7 Å². The van der Waals surface area contributed by atoms with Crippen LogP contribution in [-0.4, -0.2) is 0 Å². The number of aryl methyl sites for hydroxylation is 1. The highest BCUT2D eigenvalue weighted by molar-refractivity contribution is 7.22. The van der Waals surface area contributed by atoms with Crippen LogP contribution in [0, 0.1) is 6.92 Å². The van der Waals surface area contributed by atoms with E-state index < -0.39 is 0 Å². The van der Waals surface area contributed by atoms with Gasteiger partial charge >= 0.3 is 0 Å². The Hall–Kier alpha value is -1.58. The highest BCUT2D eigenvalue weighted by Crippen LogP contribution is 2.35. The highest BCUT2D eigenvalue weighted by Gasteiger charge is 2.05. The van der Waals surface area contributed by atoms with Crippen LogP contribution >= 0.6 is 22.7 Å². The van der Waals surface area contributed by atoms with Gasteiger partial charge in [-0.2, -0.15) is 0 Å². The molecule has 1 nitrogen and oxygen atoms in total. The second kappa shape index (κ2) is 3.46. The van der Waals surface area contributed by atoms with E-state index in [1.165, 1.54) is 35.8 Å². The Morgan fingerprint density at radius 3 is 2.06 bits per heavy atom. The minimum absolute atomic E-state index is 0.887. The molecule has 0 fully saturated rings. The molecule has 2 aromatic carbocycles. The third-order valence-corrected chi connectivity index (χ3v) is 5.19. The number of rotatable bonds is 0. The van der Waals surface area contributed by atoms with E-state index in [0.29, 0.717) is 0 Å². The van der Waals surface area contributed by atoms with Crippen molar-refractivity contribution in [1.82, 2.24) is 0 Å². The highest BCUT2D eigenvalue weighted by atomic mass is 32.1. The van der Waals surface area contributed by atoms with Crippen molar-refractivity contribution in [2.45, 2.75) is 6.92 Å². The van der Waals surface area contributed by atoms with Crippen molar-refractivity contribution in [2.75, 3.05) is 5.73 Å². The maximum atomic E-state index is 5.87. The second-order valence-electron chi connectivity index (χ2n) is 4.63. The summed E-state index contributed by atoms with van der Waals surface area (Å²) >= 11 is 3.51. The normalized spacial score (nSPS) is 11.8. The van der Waals surface area contributed by atoms with Crippen LogP contribution in [-0.2, 0) is 0 Å². The summed E-state index contributed by atoms with van der Waals surface area (Å²) in [5.74, 6) is 0. The van der Waals surface area contributed by atoms with Gasteiger partial charge in [0.05, 0.1) is 5.00 Å². The number of benzene rings is 2. The third kappa shape index (κ3) is 1.44. The lowest BCUT2D eigenvalue weighted by molar-refractivity contribution is 1.66. The Kier molecular flexibility index (Phi) is 1.99. The summed E-state index contributed by atoms with van der Waals surface area (Å²) in [6, 6.07) is 13.4. The number of hydrogen-bond acceptors (Lipinski definition) is 3. The first-order valence-corrected chi connectivity index (χ1v) is 7.45. The van der Waals surface area contributed by atoms with Crippen molar-refractivity contribution in [1.29, 1.82) is 0 Å². The fourth-order valence-electron chi connectivity index (χ4n) is 2.48. The zero-order valence-electron chi connectivity index (χ0n) is 9.86. The van der Waals surface area contributed by atoms with Crippen molar-refractivity contribution in [3.63, 3.8) is 0 Å². The molecular formula is C15H11NS2. The summed E-state index contributed by atoms with van der Waals surface area (Å²) < 4.78 is 2.63. The van der Waals surface area contributed by atoms with E-state index in [-0.39, 0.29) is 0 Å². The van der Waals surface area contributed by atoms with E-state index in [1.54, 1.807) is 11.3 Å². The lowest BCUT2D eigenvalue weighted by Crippen LogP contribution is -1.73. The first-order valence-electron chi connectivity index (χ1n) is 5.82. The monoisotopic (exact) mass is 269 g/mol. The van der Waals surface area contributed by atoms with Crippen LogP contribution in [0.15, 0.2) is 36.4 Å². The average Bonchev–Trinajstić information content (AvgIpc) is 2.82. The van der Waals surface area contributed by atoms with E-state index in [9.17, 15) is 0 Å². The van der Waals surface area contributed by atoms with E-state index in [1.807, 2.05) is 11.3 Å². The maximum absolute atomic E-state index is 5.87. The Labute approximate surface area is 112 Å². The van der Waals surface area contributed by atoms with Gasteiger partial charge in [0.15, 0.2) is 0 Å². The Morgan fingerprint density at radius 2 is 1.33 bits per heavy atom. The minimum Gasteiger partial charge on any atom is -0.391 e. The minimum atomic E-state index is 0.887. The van der Waals surface area contributed by atoms with Crippen LogP contribution in [0.4, 0.5) is 5.00 Å². The molecule has 3 heteroatoms. The Balaban J connectivity index is 2.17. The number of thiophene rings is 2. The molecule has 18 heavy (non-hydrogen) atoms. The van der Waals surface area contributed by atoms with Gasteiger partial charge in [0, 0.05) is 14.3 Å². The Bertz CT molecular complexity index is 757. The lowest BCUT2D eigenvalue weighted by Gasteiger charge is -1.99. The smallest absolute Gasteiger partial charge is 0.0868 e. The summed E-state index contributed by atoms with van der Waals surface area (Å²) in [6.45, 7) is 2.16. The van der Waals surface area contributed by atoms with Crippen molar-refractivity contribution in [3.8, 4) is 0 Å². The van der Waals surface area contributed by atoms with Crippen LogP contribution in [0.2, 0.25) is 0 Å². The van der Waals surface area contributed by atoms with Crippen LogP contribution in [0.1, 0.15) is 4.88 Å². The lowest BCUT2D eigenvalue weighted by atomic mass is 10.1. The van der Waals surface area contributed by atoms with Gasteiger partial charge in [-0.25, -0.2) is 0 Å². The van der Waals surface area contributed by atoms with Crippen LogP contribution in [0.3, 0.4) is 0 Å². The topological polar surface area (TPSA) is 26.0 Å². The first-order chi connectivity index (χ1) is 8.69. The number of anilines is 1. The molecular weight excluding hydrogens is 258 g/mol. The van der Waals surface area contributed by atoms with Crippen LogP contribution in [0.25, 0.3) is 30.9 Å². The summed E-state index contributed by atoms with van der Waals surface area (Å²) in [5, 5.41) is 6.08. The number of fused-ring (bicyclic) bond motifs is 3. The van der Waals surface area contributed by atoms with Crippen molar-refractivity contribution < 1.29 is 0 Å². The molecule has 0 radical (unpaired) electrons. The van der Waals surface area contributed by atoms with Gasteiger partial charge in [-0.1, -0.05) is 0 Å². The molecule has 2 aromatic heterocycles. The molecule has 4 rings (SSSR count). The second-order valence-corrected chi connectivity index (χ2v) is 7.04. The molecule has 2 heterocycles. The zero-order valence-corrected chi connectivity index (χ0v) is 11.5. The van der Waals surface area contributed by atoms with Gasteiger partial charge in [0.2, 0.25) is 0 Å². The van der Waals surface area contributed by atoms with Gasteiger partial charge in [-0.3, -0.25) is 0 Å². The van der Waals surface area contributed by atoms with Crippen LogP contribution < -0.4 is 5.73 Å². The molecule has 0 aliphatic rings. The number of hydrogen-bond donors (Lipinski definition) is 1. The molecule has 0 atom stereocenters. The van der Waals surface area contributed by atoms with Gasteiger partial charge in [-0.05, 0) is 64.9 Å². The van der Waals surface area contributed by atoms with E-state index >= 15 is 0 Å². The molecule has 0 spiro atoms. The zero-order chi connectivity index (χ0) is 12.3. The van der Waals surface area contributed by atoms with Crippen molar-refractivity contribution >= 4 is 58.6 Å².